The largest absolute Gasteiger partial charge is 0.326 e. The number of carbonyl (C=O) groups is 1. The molecule has 1 aliphatic heterocycles. The normalized spacial score (nSPS) is 19.7. The lowest BCUT2D eigenvalue weighted by molar-refractivity contribution is -0.117. The lowest BCUT2D eigenvalue weighted by atomic mass is 10.2. The van der Waals surface area contributed by atoms with Crippen molar-refractivity contribution in [3.8, 4) is 0 Å². The molecule has 0 aromatic heterocycles. The molecule has 1 amide bonds. The third-order valence-electron chi connectivity index (χ3n) is 3.13. The first-order valence-corrected chi connectivity index (χ1v) is 7.77. The van der Waals surface area contributed by atoms with Crippen LogP contribution in [0.5, 0.6) is 0 Å². The first-order valence-electron chi connectivity index (χ1n) is 6.19. The van der Waals surface area contributed by atoms with Gasteiger partial charge in [0, 0.05) is 28.1 Å². The molecular weight excluding hydrogens is 374 g/mol. The van der Waals surface area contributed by atoms with E-state index < -0.39 is 0 Å². The van der Waals surface area contributed by atoms with Gasteiger partial charge >= 0.3 is 0 Å². The molecule has 19 heavy (non-hydrogen) atoms. The first kappa shape index (κ1) is 15.0. The van der Waals surface area contributed by atoms with Crippen LogP contribution in [-0.4, -0.2) is 36.5 Å². The number of anilines is 1. The molecule has 4 nitrogen and oxygen atoms in total. The van der Waals surface area contributed by atoms with E-state index in [9.17, 15) is 4.79 Å². The Labute approximate surface area is 130 Å². The SMILES string of the molecule is Cc1cc(Br)c(NC(=O)CN2CCC(N)C2)c(Br)c1. The number of halogens is 2. The first-order chi connectivity index (χ1) is 8.95. The van der Waals surface area contributed by atoms with E-state index in [4.69, 9.17) is 5.73 Å². The van der Waals surface area contributed by atoms with Gasteiger partial charge in [-0.2, -0.15) is 0 Å². The van der Waals surface area contributed by atoms with Gasteiger partial charge in [-0.05, 0) is 62.9 Å². The van der Waals surface area contributed by atoms with Crippen molar-refractivity contribution in [1.82, 2.24) is 4.90 Å². The highest BCUT2D eigenvalue weighted by molar-refractivity contribution is 9.11. The number of hydrogen-bond acceptors (Lipinski definition) is 3. The van der Waals surface area contributed by atoms with Crippen LogP contribution in [0.2, 0.25) is 0 Å². The van der Waals surface area contributed by atoms with E-state index in [2.05, 4.69) is 42.1 Å². The maximum Gasteiger partial charge on any atom is 0.238 e. The minimum atomic E-state index is -0.0145. The molecule has 1 heterocycles. The fraction of sp³-hybridized carbons (Fsp3) is 0.462. The van der Waals surface area contributed by atoms with Crippen molar-refractivity contribution in [3.05, 3.63) is 26.6 Å². The van der Waals surface area contributed by atoms with Crippen molar-refractivity contribution in [3.63, 3.8) is 0 Å². The number of likely N-dealkylation sites (tertiary alicyclic amines) is 1. The summed E-state index contributed by atoms with van der Waals surface area (Å²) in [5, 5.41) is 2.93. The second kappa shape index (κ2) is 6.35. The fourth-order valence-corrected chi connectivity index (χ4v) is 3.82. The van der Waals surface area contributed by atoms with E-state index in [1.807, 2.05) is 19.1 Å². The molecule has 6 heteroatoms. The van der Waals surface area contributed by atoms with Gasteiger partial charge in [-0.15, -0.1) is 0 Å². The molecule has 1 atom stereocenters. The number of benzene rings is 1. The molecular formula is C13H17Br2N3O. The van der Waals surface area contributed by atoms with Crippen LogP contribution >= 0.6 is 31.9 Å². The smallest absolute Gasteiger partial charge is 0.238 e. The van der Waals surface area contributed by atoms with Gasteiger partial charge < -0.3 is 11.1 Å². The number of nitrogens with zero attached hydrogens (tertiary/aromatic N) is 1. The summed E-state index contributed by atoms with van der Waals surface area (Å²) < 4.78 is 1.76. The standard InChI is InChI=1S/C13H17Br2N3O/c1-8-4-10(14)13(11(15)5-8)17-12(19)7-18-3-2-9(16)6-18/h4-5,9H,2-3,6-7,16H2,1H3,(H,17,19). The second-order valence-corrected chi connectivity index (χ2v) is 6.64. The molecule has 0 bridgehead atoms. The molecule has 0 spiro atoms. The van der Waals surface area contributed by atoms with Gasteiger partial charge in [0.2, 0.25) is 5.91 Å². The summed E-state index contributed by atoms with van der Waals surface area (Å²) in [4.78, 5) is 14.1. The van der Waals surface area contributed by atoms with Crippen molar-refractivity contribution in [2.24, 2.45) is 5.73 Å². The number of nitrogens with one attached hydrogen (secondary N) is 1. The van der Waals surface area contributed by atoms with Crippen LogP contribution in [0.1, 0.15) is 12.0 Å². The van der Waals surface area contributed by atoms with Crippen LogP contribution in [0.4, 0.5) is 5.69 Å². The summed E-state index contributed by atoms with van der Waals surface area (Å²) in [6, 6.07) is 4.16. The molecule has 1 saturated heterocycles. The van der Waals surface area contributed by atoms with Gasteiger partial charge in [-0.3, -0.25) is 9.69 Å². The Morgan fingerprint density at radius 2 is 2.11 bits per heavy atom. The minimum absolute atomic E-state index is 0.0145. The highest BCUT2D eigenvalue weighted by atomic mass is 79.9. The van der Waals surface area contributed by atoms with E-state index in [-0.39, 0.29) is 11.9 Å². The van der Waals surface area contributed by atoms with E-state index >= 15 is 0 Å². The molecule has 1 fully saturated rings. The van der Waals surface area contributed by atoms with Crippen LogP contribution in [0, 0.1) is 6.92 Å². The highest BCUT2D eigenvalue weighted by Crippen LogP contribution is 2.32. The predicted octanol–water partition coefficient (Wildman–Crippen LogP) is 2.49. The van der Waals surface area contributed by atoms with Crippen LogP contribution in [0.15, 0.2) is 21.1 Å². The van der Waals surface area contributed by atoms with Crippen LogP contribution in [0.3, 0.4) is 0 Å². The Morgan fingerprint density at radius 3 is 2.63 bits per heavy atom. The number of amides is 1. The van der Waals surface area contributed by atoms with Crippen molar-refractivity contribution in [1.29, 1.82) is 0 Å². The Hall–Kier alpha value is -0.430. The van der Waals surface area contributed by atoms with E-state index in [0.717, 1.165) is 39.7 Å². The number of rotatable bonds is 3. The fourth-order valence-electron chi connectivity index (χ4n) is 2.21. The minimum Gasteiger partial charge on any atom is -0.326 e. The molecule has 1 unspecified atom stereocenters. The van der Waals surface area contributed by atoms with E-state index in [1.165, 1.54) is 0 Å². The van der Waals surface area contributed by atoms with Gasteiger partial charge in [-0.1, -0.05) is 0 Å². The van der Waals surface area contributed by atoms with Gasteiger partial charge in [0.15, 0.2) is 0 Å². The van der Waals surface area contributed by atoms with Gasteiger partial charge in [0.1, 0.15) is 0 Å². The Morgan fingerprint density at radius 1 is 1.47 bits per heavy atom. The zero-order chi connectivity index (χ0) is 14.0. The van der Waals surface area contributed by atoms with Crippen molar-refractivity contribution in [2.75, 3.05) is 25.0 Å². The molecule has 0 saturated carbocycles. The average Bonchev–Trinajstić information content (AvgIpc) is 2.69. The molecule has 1 aliphatic rings. The highest BCUT2D eigenvalue weighted by Gasteiger charge is 2.21. The molecule has 3 N–H and O–H groups in total. The Bertz CT molecular complexity index is 470. The third-order valence-corrected chi connectivity index (χ3v) is 4.38. The van der Waals surface area contributed by atoms with Gasteiger partial charge in [-0.25, -0.2) is 0 Å². The summed E-state index contributed by atoms with van der Waals surface area (Å²) in [5.41, 5.74) is 7.73. The number of carbonyl (C=O) groups excluding carboxylic acids is 1. The maximum atomic E-state index is 12.0. The van der Waals surface area contributed by atoms with Crippen molar-refractivity contribution >= 4 is 43.5 Å². The molecule has 0 aliphatic carbocycles. The summed E-state index contributed by atoms with van der Waals surface area (Å²) >= 11 is 6.94. The summed E-state index contributed by atoms with van der Waals surface area (Å²) in [7, 11) is 0. The molecule has 1 aromatic rings. The Balaban J connectivity index is 1.99. The van der Waals surface area contributed by atoms with E-state index in [0.29, 0.717) is 6.54 Å². The zero-order valence-corrected chi connectivity index (χ0v) is 13.9. The average molecular weight is 391 g/mol. The third kappa shape index (κ3) is 4.02. The summed E-state index contributed by atoms with van der Waals surface area (Å²) in [6.07, 6.45) is 0.963. The van der Waals surface area contributed by atoms with E-state index in [1.54, 1.807) is 0 Å². The monoisotopic (exact) mass is 389 g/mol. The van der Waals surface area contributed by atoms with Gasteiger partial charge in [0.05, 0.1) is 12.2 Å². The van der Waals surface area contributed by atoms with Crippen molar-refractivity contribution in [2.45, 2.75) is 19.4 Å². The van der Waals surface area contributed by atoms with Crippen molar-refractivity contribution < 1.29 is 4.79 Å². The van der Waals surface area contributed by atoms with Crippen LogP contribution in [0.25, 0.3) is 0 Å². The molecule has 104 valence electrons. The molecule has 2 rings (SSSR count). The summed E-state index contributed by atoms with van der Waals surface area (Å²) in [5.74, 6) is -0.0145. The lowest BCUT2D eigenvalue weighted by Gasteiger charge is -2.16. The molecule has 1 aromatic carbocycles. The number of hydrogen-bond donors (Lipinski definition) is 2. The second-order valence-electron chi connectivity index (χ2n) is 4.94. The lowest BCUT2D eigenvalue weighted by Crippen LogP contribution is -2.33. The quantitative estimate of drug-likeness (QED) is 0.833. The topological polar surface area (TPSA) is 58.4 Å². The molecule has 0 radical (unpaired) electrons. The number of nitrogens with two attached hydrogens (primary N) is 1. The van der Waals surface area contributed by atoms with Crippen LogP contribution in [-0.2, 0) is 4.79 Å². The Kier molecular flexibility index (Phi) is 5.00. The summed E-state index contributed by atoms with van der Waals surface area (Å²) in [6.45, 7) is 4.08. The van der Waals surface area contributed by atoms with Gasteiger partial charge in [0.25, 0.3) is 0 Å². The van der Waals surface area contributed by atoms with Crippen LogP contribution < -0.4 is 11.1 Å². The predicted molar refractivity (Wildman–Crippen MR) is 84.2 cm³/mol. The maximum absolute atomic E-state index is 12.0. The number of aryl methyl sites for hydroxylation is 1. The zero-order valence-electron chi connectivity index (χ0n) is 10.7.